The second-order valence-electron chi connectivity index (χ2n) is 5.59. The summed E-state index contributed by atoms with van der Waals surface area (Å²) < 4.78 is 5.62. The molecule has 2 rings (SSSR count). The van der Waals surface area contributed by atoms with Crippen LogP contribution in [0.5, 0.6) is 5.75 Å². The van der Waals surface area contributed by atoms with Crippen LogP contribution in [0, 0.1) is 19.8 Å². The topological polar surface area (TPSA) is 49.8 Å². The largest absolute Gasteiger partial charge is 0.484 e. The summed E-state index contributed by atoms with van der Waals surface area (Å²) in [4.78, 5) is 13.9. The van der Waals surface area contributed by atoms with Crippen LogP contribution in [-0.2, 0) is 4.79 Å². The maximum atomic E-state index is 12.1. The molecule has 1 N–H and O–H groups in total. The monoisotopic (exact) mass is 277 g/mol. The number of nitrogens with zero attached hydrogens (tertiary/aromatic N) is 1. The van der Waals surface area contributed by atoms with E-state index in [2.05, 4.69) is 0 Å². The van der Waals surface area contributed by atoms with Gasteiger partial charge in [0.15, 0.2) is 6.61 Å². The third kappa shape index (κ3) is 3.73. The molecule has 20 heavy (non-hydrogen) atoms. The summed E-state index contributed by atoms with van der Waals surface area (Å²) in [6.45, 7) is 5.65. The Kier molecular flexibility index (Phi) is 5.01. The van der Waals surface area contributed by atoms with Gasteiger partial charge in [0.25, 0.3) is 5.91 Å². The second kappa shape index (κ2) is 6.75. The second-order valence-corrected chi connectivity index (χ2v) is 5.59. The van der Waals surface area contributed by atoms with Gasteiger partial charge >= 0.3 is 0 Å². The number of rotatable bonds is 4. The average molecular weight is 277 g/mol. The zero-order valence-corrected chi connectivity index (χ0v) is 12.3. The molecule has 1 saturated heterocycles. The lowest BCUT2D eigenvalue weighted by atomic mass is 9.99. The summed E-state index contributed by atoms with van der Waals surface area (Å²) >= 11 is 0. The minimum atomic E-state index is 0.00289. The molecule has 4 nitrogen and oxygen atoms in total. The average Bonchev–Trinajstić information content (AvgIpc) is 2.46. The standard InChI is InChI=1S/C16H23NO3/c1-12-5-6-15(13(2)8-12)20-11-16(19)17-7-3-4-14(9-17)10-18/h5-6,8,14,18H,3-4,7,9-11H2,1-2H3. The van der Waals surface area contributed by atoms with E-state index in [1.807, 2.05) is 32.0 Å². The number of piperidine rings is 1. The summed E-state index contributed by atoms with van der Waals surface area (Å²) in [6.07, 6.45) is 1.96. The molecule has 1 aromatic rings. The van der Waals surface area contributed by atoms with Crippen molar-refractivity contribution in [2.75, 3.05) is 26.3 Å². The molecule has 1 aliphatic heterocycles. The molecule has 0 saturated carbocycles. The van der Waals surface area contributed by atoms with Gasteiger partial charge in [-0.1, -0.05) is 17.7 Å². The summed E-state index contributed by atoms with van der Waals surface area (Å²) in [5.41, 5.74) is 2.23. The van der Waals surface area contributed by atoms with Gasteiger partial charge in [-0.2, -0.15) is 0 Å². The molecule has 110 valence electrons. The van der Waals surface area contributed by atoms with Gasteiger partial charge in [0, 0.05) is 19.7 Å². The predicted octanol–water partition coefficient (Wildman–Crippen LogP) is 1.91. The number of aryl methyl sites for hydroxylation is 2. The summed E-state index contributed by atoms with van der Waals surface area (Å²) in [5, 5.41) is 9.19. The lowest BCUT2D eigenvalue weighted by Crippen LogP contribution is -2.43. The molecule has 1 aliphatic rings. The van der Waals surface area contributed by atoms with E-state index < -0.39 is 0 Å². The Balaban J connectivity index is 1.88. The van der Waals surface area contributed by atoms with Gasteiger partial charge in [-0.25, -0.2) is 0 Å². The van der Waals surface area contributed by atoms with Crippen molar-refractivity contribution in [3.05, 3.63) is 29.3 Å². The molecule has 1 amide bonds. The number of carbonyl (C=O) groups excluding carboxylic acids is 1. The number of aliphatic hydroxyl groups excluding tert-OH is 1. The van der Waals surface area contributed by atoms with Crippen LogP contribution in [0.1, 0.15) is 24.0 Å². The summed E-state index contributed by atoms with van der Waals surface area (Å²) in [5.74, 6) is 0.983. The summed E-state index contributed by atoms with van der Waals surface area (Å²) in [6, 6.07) is 5.93. The Morgan fingerprint density at radius 3 is 2.95 bits per heavy atom. The third-order valence-electron chi connectivity index (χ3n) is 3.81. The van der Waals surface area contributed by atoms with Crippen molar-refractivity contribution >= 4 is 5.91 Å². The van der Waals surface area contributed by atoms with Crippen molar-refractivity contribution in [2.24, 2.45) is 5.92 Å². The number of carbonyl (C=O) groups is 1. The first-order valence-corrected chi connectivity index (χ1v) is 7.19. The number of aliphatic hydroxyl groups is 1. The number of hydrogen-bond donors (Lipinski definition) is 1. The molecule has 1 unspecified atom stereocenters. The van der Waals surface area contributed by atoms with Crippen molar-refractivity contribution in [3.8, 4) is 5.75 Å². The van der Waals surface area contributed by atoms with Gasteiger partial charge in [-0.15, -0.1) is 0 Å². The third-order valence-corrected chi connectivity index (χ3v) is 3.81. The molecular formula is C16H23NO3. The highest BCUT2D eigenvalue weighted by Gasteiger charge is 2.23. The van der Waals surface area contributed by atoms with Crippen LogP contribution in [0.15, 0.2) is 18.2 Å². The number of amides is 1. The van der Waals surface area contributed by atoms with E-state index in [9.17, 15) is 9.90 Å². The van der Waals surface area contributed by atoms with E-state index in [0.29, 0.717) is 6.54 Å². The van der Waals surface area contributed by atoms with Crippen molar-refractivity contribution < 1.29 is 14.6 Å². The zero-order valence-electron chi connectivity index (χ0n) is 12.3. The van der Waals surface area contributed by atoms with E-state index in [0.717, 1.165) is 30.7 Å². The van der Waals surface area contributed by atoms with Gasteiger partial charge < -0.3 is 14.7 Å². The van der Waals surface area contributed by atoms with Crippen LogP contribution in [-0.4, -0.2) is 42.2 Å². The maximum Gasteiger partial charge on any atom is 0.260 e. The number of hydrogen-bond acceptors (Lipinski definition) is 3. The van der Waals surface area contributed by atoms with Gasteiger partial charge in [0.1, 0.15) is 5.75 Å². The zero-order chi connectivity index (χ0) is 14.5. The molecule has 0 spiro atoms. The van der Waals surface area contributed by atoms with E-state index in [4.69, 9.17) is 4.74 Å². The van der Waals surface area contributed by atoms with E-state index >= 15 is 0 Å². The fraction of sp³-hybridized carbons (Fsp3) is 0.562. The highest BCUT2D eigenvalue weighted by Crippen LogP contribution is 2.20. The molecule has 4 heteroatoms. The van der Waals surface area contributed by atoms with Crippen LogP contribution in [0.25, 0.3) is 0 Å². The van der Waals surface area contributed by atoms with Crippen molar-refractivity contribution in [1.29, 1.82) is 0 Å². The maximum absolute atomic E-state index is 12.1. The molecule has 0 radical (unpaired) electrons. The van der Waals surface area contributed by atoms with Gasteiger partial charge in [0.2, 0.25) is 0 Å². The van der Waals surface area contributed by atoms with E-state index in [1.165, 1.54) is 5.56 Å². The first-order valence-electron chi connectivity index (χ1n) is 7.19. The Bertz CT molecular complexity index is 473. The smallest absolute Gasteiger partial charge is 0.260 e. The number of likely N-dealkylation sites (tertiary alicyclic amines) is 1. The quantitative estimate of drug-likeness (QED) is 0.914. The molecule has 0 aliphatic carbocycles. The normalized spacial score (nSPS) is 18.9. The Labute approximate surface area is 120 Å². The molecule has 0 aromatic heterocycles. The Morgan fingerprint density at radius 2 is 2.25 bits per heavy atom. The molecule has 1 atom stereocenters. The number of benzene rings is 1. The molecular weight excluding hydrogens is 254 g/mol. The van der Waals surface area contributed by atoms with Gasteiger partial charge in [-0.05, 0) is 44.2 Å². The Hall–Kier alpha value is -1.55. The first-order chi connectivity index (χ1) is 9.60. The highest BCUT2D eigenvalue weighted by molar-refractivity contribution is 5.77. The van der Waals surface area contributed by atoms with Crippen LogP contribution < -0.4 is 4.74 Å². The predicted molar refractivity (Wildman–Crippen MR) is 77.8 cm³/mol. The lowest BCUT2D eigenvalue weighted by Gasteiger charge is -2.31. The number of ether oxygens (including phenoxy) is 1. The lowest BCUT2D eigenvalue weighted by molar-refractivity contribution is -0.135. The SMILES string of the molecule is Cc1ccc(OCC(=O)N2CCCC(CO)C2)c(C)c1. The summed E-state index contributed by atoms with van der Waals surface area (Å²) in [7, 11) is 0. The Morgan fingerprint density at radius 1 is 1.45 bits per heavy atom. The fourth-order valence-electron chi connectivity index (χ4n) is 2.63. The van der Waals surface area contributed by atoms with Crippen molar-refractivity contribution in [3.63, 3.8) is 0 Å². The molecule has 0 bridgehead atoms. The van der Waals surface area contributed by atoms with E-state index in [-0.39, 0.29) is 25.0 Å². The van der Waals surface area contributed by atoms with Crippen LogP contribution in [0.2, 0.25) is 0 Å². The molecule has 1 aromatic carbocycles. The molecule has 1 fully saturated rings. The van der Waals surface area contributed by atoms with Crippen LogP contribution in [0.3, 0.4) is 0 Å². The van der Waals surface area contributed by atoms with Crippen LogP contribution in [0.4, 0.5) is 0 Å². The fourth-order valence-corrected chi connectivity index (χ4v) is 2.63. The van der Waals surface area contributed by atoms with Gasteiger partial charge in [0.05, 0.1) is 0 Å². The first kappa shape index (κ1) is 14.9. The van der Waals surface area contributed by atoms with Crippen LogP contribution >= 0.6 is 0 Å². The highest BCUT2D eigenvalue weighted by atomic mass is 16.5. The van der Waals surface area contributed by atoms with Crippen molar-refractivity contribution in [1.82, 2.24) is 4.90 Å². The molecule has 1 heterocycles. The minimum Gasteiger partial charge on any atom is -0.484 e. The van der Waals surface area contributed by atoms with Crippen molar-refractivity contribution in [2.45, 2.75) is 26.7 Å². The van der Waals surface area contributed by atoms with Gasteiger partial charge in [-0.3, -0.25) is 4.79 Å². The minimum absolute atomic E-state index is 0.00289. The van der Waals surface area contributed by atoms with E-state index in [1.54, 1.807) is 4.90 Å².